The summed E-state index contributed by atoms with van der Waals surface area (Å²) in [6.45, 7) is 1.98. The van der Waals surface area contributed by atoms with Crippen LogP contribution in [0.2, 0.25) is 0 Å². The molecule has 0 aliphatic carbocycles. The maximum Gasteiger partial charge on any atom is 0.408 e. The molecule has 5 nitrogen and oxygen atoms in total. The molecule has 0 bridgehead atoms. The second kappa shape index (κ2) is 6.17. The first-order chi connectivity index (χ1) is 10.9. The van der Waals surface area contributed by atoms with Gasteiger partial charge in [-0.15, -0.1) is 0 Å². The number of nitrogens with zero attached hydrogens (tertiary/aromatic N) is 5. The minimum Gasteiger partial charge on any atom is -0.356 e. The van der Waals surface area contributed by atoms with Crippen LogP contribution in [0.1, 0.15) is 30.4 Å². The lowest BCUT2D eigenvalue weighted by Gasteiger charge is -2.33. The number of anilines is 1. The molecule has 8 heteroatoms. The first-order valence-electron chi connectivity index (χ1n) is 7.56. The van der Waals surface area contributed by atoms with Crippen LogP contribution < -0.4 is 4.90 Å². The molecule has 1 atom stereocenters. The van der Waals surface area contributed by atoms with Crippen LogP contribution in [-0.2, 0) is 6.54 Å². The van der Waals surface area contributed by atoms with Crippen molar-refractivity contribution in [1.82, 2.24) is 19.7 Å². The Bertz CT molecular complexity index is 653. The Hall–Kier alpha value is -2.12. The van der Waals surface area contributed by atoms with E-state index in [1.54, 1.807) is 13.1 Å². The molecule has 2 aromatic heterocycles. The summed E-state index contributed by atoms with van der Waals surface area (Å²) in [6.07, 6.45) is -0.891. The summed E-state index contributed by atoms with van der Waals surface area (Å²) in [6, 6.07) is 5.66. The predicted octanol–water partition coefficient (Wildman–Crippen LogP) is 2.93. The van der Waals surface area contributed by atoms with Gasteiger partial charge in [0.1, 0.15) is 24.0 Å². The number of aryl methyl sites for hydroxylation is 1. The summed E-state index contributed by atoms with van der Waals surface area (Å²) in [4.78, 5) is 10.7. The number of hydrogen-bond donors (Lipinski definition) is 0. The number of hydrogen-bond acceptors (Lipinski definition) is 4. The third kappa shape index (κ3) is 3.80. The van der Waals surface area contributed by atoms with Crippen LogP contribution in [0.25, 0.3) is 0 Å². The van der Waals surface area contributed by atoms with Crippen molar-refractivity contribution < 1.29 is 13.2 Å². The van der Waals surface area contributed by atoms with Gasteiger partial charge in [0.2, 0.25) is 0 Å². The van der Waals surface area contributed by atoms with E-state index in [-0.39, 0.29) is 5.92 Å². The summed E-state index contributed by atoms with van der Waals surface area (Å²) in [5, 5.41) is 3.92. The van der Waals surface area contributed by atoms with Crippen molar-refractivity contribution >= 4 is 5.82 Å². The highest BCUT2D eigenvalue weighted by atomic mass is 19.4. The Labute approximate surface area is 132 Å². The zero-order valence-electron chi connectivity index (χ0n) is 12.8. The van der Waals surface area contributed by atoms with Gasteiger partial charge >= 0.3 is 6.18 Å². The number of halogens is 3. The van der Waals surface area contributed by atoms with Gasteiger partial charge in [-0.05, 0) is 31.9 Å². The van der Waals surface area contributed by atoms with E-state index in [0.717, 1.165) is 29.9 Å². The van der Waals surface area contributed by atoms with E-state index >= 15 is 0 Å². The van der Waals surface area contributed by atoms with Crippen LogP contribution in [0.3, 0.4) is 0 Å². The zero-order chi connectivity index (χ0) is 16.4. The fraction of sp³-hybridized carbons (Fsp3) is 0.533. The molecule has 0 unspecified atom stereocenters. The van der Waals surface area contributed by atoms with Gasteiger partial charge < -0.3 is 4.90 Å². The number of aromatic nitrogens is 4. The van der Waals surface area contributed by atoms with Gasteiger partial charge in [-0.25, -0.2) is 14.6 Å². The fourth-order valence-corrected chi connectivity index (χ4v) is 3.00. The number of pyridine rings is 1. The molecule has 23 heavy (non-hydrogen) atoms. The average molecular weight is 325 g/mol. The second-order valence-corrected chi connectivity index (χ2v) is 5.76. The highest BCUT2D eigenvalue weighted by Crippen LogP contribution is 2.29. The molecular formula is C15H18F3N5. The van der Waals surface area contributed by atoms with E-state index in [4.69, 9.17) is 0 Å². The SMILES string of the molecule is Cc1nc([C@H]2CCCN(c3ccccn3)C2)n(CC(F)(F)F)n1. The lowest BCUT2D eigenvalue weighted by molar-refractivity contribution is -0.143. The van der Waals surface area contributed by atoms with E-state index in [2.05, 4.69) is 20.0 Å². The third-order valence-electron chi connectivity index (χ3n) is 3.90. The molecule has 0 aromatic carbocycles. The lowest BCUT2D eigenvalue weighted by Crippen LogP contribution is -2.36. The van der Waals surface area contributed by atoms with Crippen molar-refractivity contribution in [2.45, 2.75) is 38.4 Å². The third-order valence-corrected chi connectivity index (χ3v) is 3.90. The quantitative estimate of drug-likeness (QED) is 0.870. The molecule has 1 aliphatic rings. The van der Waals surface area contributed by atoms with Gasteiger partial charge in [-0.3, -0.25) is 0 Å². The van der Waals surface area contributed by atoms with Gasteiger partial charge in [0.15, 0.2) is 0 Å². The molecule has 1 aliphatic heterocycles. The Kier molecular flexibility index (Phi) is 4.23. The maximum absolute atomic E-state index is 12.7. The van der Waals surface area contributed by atoms with Crippen LogP contribution in [0.15, 0.2) is 24.4 Å². The smallest absolute Gasteiger partial charge is 0.356 e. The second-order valence-electron chi connectivity index (χ2n) is 5.76. The van der Waals surface area contributed by atoms with E-state index < -0.39 is 12.7 Å². The van der Waals surface area contributed by atoms with Crippen LogP contribution >= 0.6 is 0 Å². The Morgan fingerprint density at radius 2 is 2.13 bits per heavy atom. The zero-order valence-corrected chi connectivity index (χ0v) is 12.8. The first kappa shape index (κ1) is 15.8. The molecule has 2 aromatic rings. The highest BCUT2D eigenvalue weighted by molar-refractivity contribution is 5.39. The molecule has 0 radical (unpaired) electrons. The topological polar surface area (TPSA) is 46.8 Å². The molecular weight excluding hydrogens is 307 g/mol. The van der Waals surface area contributed by atoms with Crippen molar-refractivity contribution in [3.63, 3.8) is 0 Å². The maximum atomic E-state index is 12.7. The molecule has 0 spiro atoms. The monoisotopic (exact) mass is 325 g/mol. The molecule has 1 fully saturated rings. The average Bonchev–Trinajstić information content (AvgIpc) is 2.87. The standard InChI is InChI=1S/C15H18F3N5/c1-11-20-14(23(21-11)10-15(16,17)18)12-5-4-8-22(9-12)13-6-2-3-7-19-13/h2-3,6-7,12H,4-5,8-10H2,1H3/t12-/m0/s1. The van der Waals surface area contributed by atoms with E-state index in [1.165, 1.54) is 0 Å². The molecule has 0 amide bonds. The van der Waals surface area contributed by atoms with E-state index in [1.807, 2.05) is 18.2 Å². The van der Waals surface area contributed by atoms with Crippen LogP contribution in [0, 0.1) is 6.92 Å². The summed E-state index contributed by atoms with van der Waals surface area (Å²) in [5.41, 5.74) is 0. The Morgan fingerprint density at radius 3 is 2.83 bits per heavy atom. The van der Waals surface area contributed by atoms with Crippen LogP contribution in [0.4, 0.5) is 19.0 Å². The van der Waals surface area contributed by atoms with Crippen LogP contribution in [-0.4, -0.2) is 39.0 Å². The summed E-state index contributed by atoms with van der Waals surface area (Å²) < 4.78 is 39.2. The van der Waals surface area contributed by atoms with Crippen LogP contribution in [0.5, 0.6) is 0 Å². The molecule has 124 valence electrons. The van der Waals surface area contributed by atoms with Crippen molar-refractivity contribution in [3.8, 4) is 0 Å². The van der Waals surface area contributed by atoms with Gasteiger partial charge in [0.05, 0.1) is 0 Å². The molecule has 3 heterocycles. The lowest BCUT2D eigenvalue weighted by atomic mass is 9.97. The summed E-state index contributed by atoms with van der Waals surface area (Å²) in [5.74, 6) is 1.56. The molecule has 0 saturated carbocycles. The highest BCUT2D eigenvalue weighted by Gasteiger charge is 2.33. The number of alkyl halides is 3. The summed E-state index contributed by atoms with van der Waals surface area (Å²) in [7, 11) is 0. The summed E-state index contributed by atoms with van der Waals surface area (Å²) >= 11 is 0. The van der Waals surface area contributed by atoms with Crippen molar-refractivity contribution in [2.75, 3.05) is 18.0 Å². The number of piperidine rings is 1. The molecule has 3 rings (SSSR count). The van der Waals surface area contributed by atoms with Crippen molar-refractivity contribution in [3.05, 3.63) is 36.0 Å². The Balaban J connectivity index is 1.81. The van der Waals surface area contributed by atoms with E-state index in [0.29, 0.717) is 18.2 Å². The predicted molar refractivity (Wildman–Crippen MR) is 79.2 cm³/mol. The van der Waals surface area contributed by atoms with Crippen molar-refractivity contribution in [2.24, 2.45) is 0 Å². The molecule has 1 saturated heterocycles. The largest absolute Gasteiger partial charge is 0.408 e. The Morgan fingerprint density at radius 1 is 1.30 bits per heavy atom. The normalized spacial score (nSPS) is 19.1. The van der Waals surface area contributed by atoms with Gasteiger partial charge in [0.25, 0.3) is 0 Å². The minimum absolute atomic E-state index is 0.0747. The van der Waals surface area contributed by atoms with Crippen molar-refractivity contribution in [1.29, 1.82) is 0 Å². The molecule has 0 N–H and O–H groups in total. The minimum atomic E-state index is -4.30. The van der Waals surface area contributed by atoms with Gasteiger partial charge in [-0.1, -0.05) is 6.07 Å². The first-order valence-corrected chi connectivity index (χ1v) is 7.56. The fourth-order valence-electron chi connectivity index (χ4n) is 3.00. The van der Waals surface area contributed by atoms with Gasteiger partial charge in [0, 0.05) is 25.2 Å². The number of rotatable bonds is 3. The van der Waals surface area contributed by atoms with E-state index in [9.17, 15) is 13.2 Å². The van der Waals surface area contributed by atoms with Gasteiger partial charge in [-0.2, -0.15) is 18.3 Å².